The van der Waals surface area contributed by atoms with E-state index in [0.29, 0.717) is 39.5 Å². The van der Waals surface area contributed by atoms with Gasteiger partial charge in [0.1, 0.15) is 0 Å². The molecule has 3 atom stereocenters. The highest BCUT2D eigenvalue weighted by Crippen LogP contribution is 2.29. The van der Waals surface area contributed by atoms with Crippen LogP contribution < -0.4 is 10.9 Å². The van der Waals surface area contributed by atoms with Crippen LogP contribution in [0.2, 0.25) is 5.02 Å². The first-order valence-electron chi connectivity index (χ1n) is 10.0. The van der Waals surface area contributed by atoms with E-state index in [1.807, 2.05) is 6.92 Å². The lowest BCUT2D eigenvalue weighted by Crippen LogP contribution is -2.44. The molecule has 1 heterocycles. The van der Waals surface area contributed by atoms with Crippen LogP contribution in [0.15, 0.2) is 28.2 Å². The van der Waals surface area contributed by atoms with E-state index < -0.39 is 0 Å². The van der Waals surface area contributed by atoms with E-state index >= 15 is 0 Å². The van der Waals surface area contributed by atoms with Crippen molar-refractivity contribution in [2.45, 2.75) is 64.2 Å². The minimum Gasteiger partial charge on any atom is -0.352 e. The summed E-state index contributed by atoms with van der Waals surface area (Å²) < 4.78 is 1.67. The molecule has 0 unspecified atom stereocenters. The van der Waals surface area contributed by atoms with Gasteiger partial charge in [0.25, 0.3) is 5.56 Å². The zero-order valence-corrected chi connectivity index (χ0v) is 18.3. The van der Waals surface area contributed by atoms with Gasteiger partial charge in [0, 0.05) is 17.6 Å². The quantitative estimate of drug-likeness (QED) is 0.551. The Balaban J connectivity index is 1.76. The Labute approximate surface area is 175 Å². The molecule has 1 aromatic carbocycles. The number of nitrogens with zero attached hydrogens (tertiary/aromatic N) is 2. The predicted octanol–water partition coefficient (Wildman–Crippen LogP) is 4.49. The van der Waals surface area contributed by atoms with Gasteiger partial charge in [-0.3, -0.25) is 14.2 Å². The molecule has 1 aromatic heterocycles. The van der Waals surface area contributed by atoms with Gasteiger partial charge in [0.15, 0.2) is 5.16 Å². The molecule has 0 radical (unpaired) electrons. The number of benzene rings is 1. The summed E-state index contributed by atoms with van der Waals surface area (Å²) >= 11 is 7.38. The predicted molar refractivity (Wildman–Crippen MR) is 116 cm³/mol. The van der Waals surface area contributed by atoms with E-state index in [9.17, 15) is 9.59 Å². The first-order valence-corrected chi connectivity index (χ1v) is 11.4. The second-order valence-corrected chi connectivity index (χ2v) is 9.12. The van der Waals surface area contributed by atoms with Gasteiger partial charge in [0.2, 0.25) is 5.91 Å². The van der Waals surface area contributed by atoms with Crippen LogP contribution in [-0.2, 0) is 11.3 Å². The minimum atomic E-state index is -0.0823. The number of fused-ring (bicyclic) bond motifs is 1. The maximum Gasteiger partial charge on any atom is 0.262 e. The summed E-state index contributed by atoms with van der Waals surface area (Å²) in [6.07, 6.45) is 4.24. The molecule has 1 aliphatic carbocycles. The van der Waals surface area contributed by atoms with Gasteiger partial charge in [-0.15, -0.1) is 0 Å². The smallest absolute Gasteiger partial charge is 0.262 e. The topological polar surface area (TPSA) is 64.0 Å². The van der Waals surface area contributed by atoms with Crippen molar-refractivity contribution in [3.63, 3.8) is 0 Å². The maximum absolute atomic E-state index is 12.9. The summed E-state index contributed by atoms with van der Waals surface area (Å²) in [4.78, 5) is 30.0. The number of nitrogens with one attached hydrogen (secondary N) is 1. The van der Waals surface area contributed by atoms with Crippen LogP contribution in [0.25, 0.3) is 10.9 Å². The Morgan fingerprint density at radius 3 is 2.89 bits per heavy atom. The van der Waals surface area contributed by atoms with Crippen LogP contribution in [-0.4, -0.2) is 27.3 Å². The van der Waals surface area contributed by atoms with Gasteiger partial charge in [0.05, 0.1) is 16.7 Å². The molecule has 0 aliphatic heterocycles. The second kappa shape index (κ2) is 9.31. The number of halogens is 1. The van der Waals surface area contributed by atoms with Gasteiger partial charge >= 0.3 is 0 Å². The van der Waals surface area contributed by atoms with Crippen molar-refractivity contribution in [2.75, 3.05) is 5.75 Å². The van der Waals surface area contributed by atoms with Crippen LogP contribution in [0.1, 0.15) is 46.5 Å². The molecule has 28 heavy (non-hydrogen) atoms. The summed E-state index contributed by atoms with van der Waals surface area (Å²) in [5.74, 6) is 1.37. The monoisotopic (exact) mass is 421 g/mol. The van der Waals surface area contributed by atoms with Crippen molar-refractivity contribution in [3.8, 4) is 0 Å². The highest BCUT2D eigenvalue weighted by Gasteiger charge is 2.28. The number of amides is 1. The number of hydrogen-bond donors (Lipinski definition) is 1. The maximum atomic E-state index is 12.9. The summed E-state index contributed by atoms with van der Waals surface area (Å²) in [7, 11) is 0. The summed E-state index contributed by atoms with van der Waals surface area (Å²) in [5.41, 5.74) is 0.489. The third-order valence-corrected chi connectivity index (χ3v) is 6.93. The van der Waals surface area contributed by atoms with Crippen LogP contribution in [0.3, 0.4) is 0 Å². The molecule has 0 bridgehead atoms. The lowest BCUT2D eigenvalue weighted by Gasteiger charge is -2.34. The second-order valence-electron chi connectivity index (χ2n) is 7.74. The molecule has 2 aromatic rings. The van der Waals surface area contributed by atoms with E-state index in [0.717, 1.165) is 19.3 Å². The molecule has 1 aliphatic rings. The van der Waals surface area contributed by atoms with Crippen LogP contribution in [0.4, 0.5) is 0 Å². The van der Waals surface area contributed by atoms with E-state index in [4.69, 9.17) is 11.6 Å². The Kier molecular flexibility index (Phi) is 7.05. The average molecular weight is 422 g/mol. The molecular weight excluding hydrogens is 394 g/mol. The molecule has 1 N–H and O–H groups in total. The molecule has 1 amide bonds. The lowest BCUT2D eigenvalue weighted by atomic mass is 9.78. The standard InChI is InChI=1S/C21H28ClN3O2S/c1-4-10-25-20(27)16-9-8-15(22)11-18(16)24-21(25)28-12-19(26)23-17-7-5-6-13(2)14(17)3/h8-9,11,13-14,17H,4-7,10,12H2,1-3H3,(H,23,26)/t13-,14+,17+/m1/s1. The fraction of sp³-hybridized carbons (Fsp3) is 0.571. The Morgan fingerprint density at radius 2 is 2.14 bits per heavy atom. The Morgan fingerprint density at radius 1 is 1.36 bits per heavy atom. The molecule has 1 saturated carbocycles. The van der Waals surface area contributed by atoms with E-state index in [1.54, 1.807) is 22.8 Å². The highest BCUT2D eigenvalue weighted by atomic mass is 35.5. The Bertz CT molecular complexity index is 914. The molecule has 0 spiro atoms. The highest BCUT2D eigenvalue weighted by molar-refractivity contribution is 7.99. The van der Waals surface area contributed by atoms with Gasteiger partial charge in [-0.05, 0) is 42.9 Å². The molecule has 5 nitrogen and oxygen atoms in total. The third-order valence-electron chi connectivity index (χ3n) is 5.72. The number of aromatic nitrogens is 2. The lowest BCUT2D eigenvalue weighted by molar-refractivity contribution is -0.120. The fourth-order valence-corrected chi connectivity index (χ4v) is 4.87. The van der Waals surface area contributed by atoms with E-state index in [2.05, 4.69) is 24.1 Å². The minimum absolute atomic E-state index is 0.000520. The molecule has 152 valence electrons. The normalized spacial score (nSPS) is 22.4. The molecular formula is C21H28ClN3O2S. The van der Waals surface area contributed by atoms with Gasteiger partial charge in [-0.25, -0.2) is 4.98 Å². The van der Waals surface area contributed by atoms with Crippen molar-refractivity contribution in [3.05, 3.63) is 33.6 Å². The summed E-state index contributed by atoms with van der Waals surface area (Å²) in [5, 5.41) is 4.85. The fourth-order valence-electron chi connectivity index (χ4n) is 3.87. The zero-order valence-electron chi connectivity index (χ0n) is 16.7. The number of hydrogen-bond acceptors (Lipinski definition) is 4. The zero-order chi connectivity index (χ0) is 20.3. The van der Waals surface area contributed by atoms with Gasteiger partial charge in [-0.2, -0.15) is 0 Å². The number of carbonyl (C=O) groups excluding carboxylic acids is 1. The van der Waals surface area contributed by atoms with Crippen LogP contribution in [0, 0.1) is 11.8 Å². The number of thioether (sulfide) groups is 1. The number of carbonyl (C=O) groups is 1. The summed E-state index contributed by atoms with van der Waals surface area (Å²) in [6, 6.07) is 5.35. The van der Waals surface area contributed by atoms with Crippen LogP contribution >= 0.6 is 23.4 Å². The third kappa shape index (κ3) is 4.71. The van der Waals surface area contributed by atoms with Crippen molar-refractivity contribution >= 4 is 40.2 Å². The van der Waals surface area contributed by atoms with E-state index in [-0.39, 0.29) is 23.3 Å². The average Bonchev–Trinajstić information content (AvgIpc) is 2.66. The van der Waals surface area contributed by atoms with Crippen molar-refractivity contribution in [1.29, 1.82) is 0 Å². The largest absolute Gasteiger partial charge is 0.352 e. The summed E-state index contributed by atoms with van der Waals surface area (Å²) in [6.45, 7) is 7.07. The first kappa shape index (κ1) is 21.2. The molecule has 1 fully saturated rings. The van der Waals surface area contributed by atoms with Crippen LogP contribution in [0.5, 0.6) is 0 Å². The molecule has 0 saturated heterocycles. The van der Waals surface area contributed by atoms with Crippen molar-refractivity contribution in [2.24, 2.45) is 11.8 Å². The molecule has 7 heteroatoms. The van der Waals surface area contributed by atoms with Gasteiger partial charge in [-0.1, -0.05) is 57.0 Å². The number of rotatable bonds is 6. The van der Waals surface area contributed by atoms with Crippen molar-refractivity contribution in [1.82, 2.24) is 14.9 Å². The first-order chi connectivity index (χ1) is 13.4. The SMILES string of the molecule is CCCn1c(SCC(=O)N[C@H]2CCC[C@@H](C)[C@@H]2C)nc2cc(Cl)ccc2c1=O. The van der Waals surface area contributed by atoms with E-state index in [1.165, 1.54) is 18.2 Å². The van der Waals surface area contributed by atoms with Gasteiger partial charge < -0.3 is 5.32 Å². The Hall–Kier alpha value is -1.53. The molecule has 3 rings (SSSR count). The van der Waals surface area contributed by atoms with Crippen molar-refractivity contribution < 1.29 is 4.79 Å².